The first-order valence-corrected chi connectivity index (χ1v) is 9.21. The van der Waals surface area contributed by atoms with Crippen LogP contribution in [-0.4, -0.2) is 38.5 Å². The van der Waals surface area contributed by atoms with Gasteiger partial charge in [0.05, 0.1) is 5.52 Å². The lowest BCUT2D eigenvalue weighted by Crippen LogP contribution is -2.38. The highest BCUT2D eigenvalue weighted by Crippen LogP contribution is 2.25. The number of hydrogen-bond acceptors (Lipinski definition) is 5. The first-order valence-electron chi connectivity index (χ1n) is 9.21. The normalized spacial score (nSPS) is 17.6. The van der Waals surface area contributed by atoms with E-state index in [4.69, 9.17) is 4.74 Å². The van der Waals surface area contributed by atoms with Gasteiger partial charge in [-0.1, -0.05) is 54.6 Å². The van der Waals surface area contributed by atoms with Gasteiger partial charge < -0.3 is 4.74 Å². The zero-order valence-corrected chi connectivity index (χ0v) is 15.2. The Labute approximate surface area is 158 Å². The van der Waals surface area contributed by atoms with Crippen molar-refractivity contribution in [3.8, 4) is 0 Å². The molecule has 2 unspecified atom stereocenters. The van der Waals surface area contributed by atoms with Crippen molar-refractivity contribution in [1.29, 1.82) is 0 Å². The average Bonchev–Trinajstić information content (AvgIpc) is 3.30. The third-order valence-corrected chi connectivity index (χ3v) is 4.80. The fourth-order valence-electron chi connectivity index (χ4n) is 3.55. The molecule has 0 bridgehead atoms. The van der Waals surface area contributed by atoms with Crippen LogP contribution in [0.2, 0.25) is 0 Å². The maximum absolute atomic E-state index is 11.5. The van der Waals surface area contributed by atoms with Gasteiger partial charge >= 0.3 is 5.97 Å². The molecule has 6 heteroatoms. The number of rotatable bonds is 7. The third-order valence-electron chi connectivity index (χ3n) is 4.80. The van der Waals surface area contributed by atoms with Crippen LogP contribution in [0, 0.1) is 0 Å². The third kappa shape index (κ3) is 3.75. The van der Waals surface area contributed by atoms with Crippen molar-refractivity contribution in [2.75, 3.05) is 6.54 Å². The van der Waals surface area contributed by atoms with Gasteiger partial charge in [-0.15, -0.1) is 5.10 Å². The van der Waals surface area contributed by atoms with Gasteiger partial charge in [0, 0.05) is 19.2 Å². The van der Waals surface area contributed by atoms with Crippen LogP contribution in [0.3, 0.4) is 0 Å². The lowest BCUT2D eigenvalue weighted by Gasteiger charge is -2.32. The summed E-state index contributed by atoms with van der Waals surface area (Å²) in [5.41, 5.74) is 3.08. The van der Waals surface area contributed by atoms with E-state index < -0.39 is 0 Å². The summed E-state index contributed by atoms with van der Waals surface area (Å²) in [6, 6.07) is 18.3. The molecule has 4 rings (SSSR count). The van der Waals surface area contributed by atoms with E-state index in [0.29, 0.717) is 6.54 Å². The number of fused-ring (bicyclic) bond motifs is 1. The minimum absolute atomic E-state index is 0.00491. The van der Waals surface area contributed by atoms with Crippen LogP contribution < -0.4 is 0 Å². The predicted molar refractivity (Wildman–Crippen MR) is 103 cm³/mol. The molecule has 0 fully saturated rings. The SMILES string of the molecule is CCC(N(Cc1ccccc1)CC1C=CC(=O)O1)n1nnc2ccccc21. The highest BCUT2D eigenvalue weighted by Gasteiger charge is 2.27. The first kappa shape index (κ1) is 17.4. The van der Waals surface area contributed by atoms with E-state index in [2.05, 4.69) is 34.3 Å². The highest BCUT2D eigenvalue weighted by atomic mass is 16.5. The first-order chi connectivity index (χ1) is 13.2. The van der Waals surface area contributed by atoms with E-state index in [1.54, 1.807) is 0 Å². The molecule has 138 valence electrons. The van der Waals surface area contributed by atoms with Crippen molar-refractivity contribution in [2.24, 2.45) is 0 Å². The Bertz CT molecular complexity index is 951. The number of carbonyl (C=O) groups excluding carboxylic acids is 1. The monoisotopic (exact) mass is 362 g/mol. The van der Waals surface area contributed by atoms with Crippen molar-refractivity contribution >= 4 is 17.0 Å². The number of nitrogens with zero attached hydrogens (tertiary/aromatic N) is 4. The number of ether oxygens (including phenoxy) is 1. The van der Waals surface area contributed by atoms with Crippen LogP contribution in [0.25, 0.3) is 11.0 Å². The average molecular weight is 362 g/mol. The summed E-state index contributed by atoms with van der Waals surface area (Å²) in [5, 5.41) is 8.73. The number of cyclic esters (lactones) is 1. The van der Waals surface area contributed by atoms with Gasteiger partial charge in [-0.25, -0.2) is 9.48 Å². The minimum Gasteiger partial charge on any atom is -0.454 e. The Hall–Kier alpha value is -2.99. The minimum atomic E-state index is -0.279. The molecule has 6 nitrogen and oxygen atoms in total. The molecule has 0 radical (unpaired) electrons. The smallest absolute Gasteiger partial charge is 0.331 e. The molecular weight excluding hydrogens is 340 g/mol. The molecule has 0 saturated heterocycles. The molecule has 2 heterocycles. The molecule has 2 atom stereocenters. The van der Waals surface area contributed by atoms with Gasteiger partial charge in [-0.05, 0) is 30.2 Å². The Morgan fingerprint density at radius 1 is 1.15 bits per heavy atom. The fraction of sp³-hybridized carbons (Fsp3) is 0.286. The van der Waals surface area contributed by atoms with Crippen molar-refractivity contribution in [1.82, 2.24) is 19.9 Å². The summed E-state index contributed by atoms with van der Waals surface area (Å²) in [4.78, 5) is 13.8. The molecule has 3 aromatic rings. The van der Waals surface area contributed by atoms with Crippen LogP contribution in [0.5, 0.6) is 0 Å². The van der Waals surface area contributed by atoms with E-state index >= 15 is 0 Å². The number of aromatic nitrogens is 3. The number of esters is 1. The number of benzene rings is 2. The van der Waals surface area contributed by atoms with Gasteiger partial charge in [0.25, 0.3) is 0 Å². The standard InChI is InChI=1S/C21H22N4O2/c1-2-20(25-19-11-7-6-10-18(19)22-23-25)24(14-16-8-4-3-5-9-16)15-17-12-13-21(26)27-17/h3-13,17,20H,2,14-15H2,1H3. The zero-order chi connectivity index (χ0) is 18.6. The number of carbonyl (C=O) groups is 1. The second-order valence-electron chi connectivity index (χ2n) is 6.66. The molecule has 0 amide bonds. The van der Waals surface area contributed by atoms with Gasteiger partial charge in [-0.2, -0.15) is 0 Å². The van der Waals surface area contributed by atoms with Crippen LogP contribution in [-0.2, 0) is 16.1 Å². The van der Waals surface area contributed by atoms with Crippen LogP contribution in [0.15, 0.2) is 66.7 Å². The van der Waals surface area contributed by atoms with E-state index in [0.717, 1.165) is 24.0 Å². The largest absolute Gasteiger partial charge is 0.454 e. The summed E-state index contributed by atoms with van der Waals surface area (Å²) in [6.45, 7) is 3.47. The molecule has 27 heavy (non-hydrogen) atoms. The fourth-order valence-corrected chi connectivity index (χ4v) is 3.55. The summed E-state index contributed by atoms with van der Waals surface area (Å²) in [5.74, 6) is -0.279. The molecule has 0 saturated carbocycles. The molecule has 1 aromatic heterocycles. The van der Waals surface area contributed by atoms with Gasteiger partial charge in [-0.3, -0.25) is 4.90 Å². The summed E-state index contributed by atoms with van der Waals surface area (Å²) in [6.07, 6.45) is 3.93. The molecular formula is C21H22N4O2. The molecule has 0 spiro atoms. The summed E-state index contributed by atoms with van der Waals surface area (Å²) in [7, 11) is 0. The Balaban J connectivity index is 1.66. The maximum atomic E-state index is 11.5. The maximum Gasteiger partial charge on any atom is 0.331 e. The van der Waals surface area contributed by atoms with Crippen LogP contribution >= 0.6 is 0 Å². The van der Waals surface area contributed by atoms with Crippen LogP contribution in [0.1, 0.15) is 25.1 Å². The van der Waals surface area contributed by atoms with Gasteiger partial charge in [0.15, 0.2) is 0 Å². The van der Waals surface area contributed by atoms with Gasteiger partial charge in [0.1, 0.15) is 17.8 Å². The quantitative estimate of drug-likeness (QED) is 0.604. The summed E-state index contributed by atoms with van der Waals surface area (Å²) < 4.78 is 7.36. The summed E-state index contributed by atoms with van der Waals surface area (Å²) >= 11 is 0. The molecule has 0 N–H and O–H groups in total. The number of para-hydroxylation sites is 1. The second kappa shape index (κ2) is 7.72. The number of hydrogen-bond donors (Lipinski definition) is 0. The molecule has 1 aliphatic rings. The van der Waals surface area contributed by atoms with Crippen LogP contribution in [0.4, 0.5) is 0 Å². The Morgan fingerprint density at radius 2 is 1.93 bits per heavy atom. The van der Waals surface area contributed by atoms with E-state index in [1.807, 2.05) is 53.2 Å². The van der Waals surface area contributed by atoms with E-state index in [1.165, 1.54) is 11.6 Å². The zero-order valence-electron chi connectivity index (χ0n) is 15.2. The van der Waals surface area contributed by atoms with Crippen molar-refractivity contribution in [3.63, 3.8) is 0 Å². The molecule has 2 aromatic carbocycles. The Morgan fingerprint density at radius 3 is 2.67 bits per heavy atom. The Kier molecular flexibility index (Phi) is 4.98. The van der Waals surface area contributed by atoms with Gasteiger partial charge in [0.2, 0.25) is 0 Å². The second-order valence-corrected chi connectivity index (χ2v) is 6.66. The van der Waals surface area contributed by atoms with E-state index in [9.17, 15) is 4.79 Å². The topological polar surface area (TPSA) is 60.2 Å². The van der Waals surface area contributed by atoms with Crippen molar-refractivity contribution in [3.05, 3.63) is 72.3 Å². The molecule has 0 aliphatic carbocycles. The highest BCUT2D eigenvalue weighted by molar-refractivity contribution is 5.84. The lowest BCUT2D eigenvalue weighted by atomic mass is 10.1. The van der Waals surface area contributed by atoms with Crippen molar-refractivity contribution in [2.45, 2.75) is 32.2 Å². The van der Waals surface area contributed by atoms with Crippen molar-refractivity contribution < 1.29 is 9.53 Å². The van der Waals surface area contributed by atoms with E-state index in [-0.39, 0.29) is 18.2 Å². The lowest BCUT2D eigenvalue weighted by molar-refractivity contribution is -0.139. The molecule has 1 aliphatic heterocycles. The predicted octanol–water partition coefficient (Wildman–Crippen LogP) is 3.32.